The Morgan fingerprint density at radius 3 is 2.57 bits per heavy atom. The molecule has 3 heterocycles. The molecule has 172 valence electrons. The summed E-state index contributed by atoms with van der Waals surface area (Å²) in [5.74, 6) is 2.24. The lowest BCUT2D eigenvalue weighted by Gasteiger charge is -2.17. The molecule has 5 nitrogen and oxygen atoms in total. The number of thioether (sulfide) groups is 1. The van der Waals surface area contributed by atoms with E-state index in [1.165, 1.54) is 34.7 Å². The number of hydrogen-bond acceptors (Lipinski definition) is 5. The van der Waals surface area contributed by atoms with Gasteiger partial charge in [0.05, 0.1) is 5.03 Å². The Morgan fingerprint density at radius 2 is 1.71 bits per heavy atom. The second-order valence-corrected chi connectivity index (χ2v) is 10.3. The molecule has 6 heteroatoms. The van der Waals surface area contributed by atoms with Crippen molar-refractivity contribution < 1.29 is 4.42 Å². The highest BCUT2D eigenvalue weighted by molar-refractivity contribution is 7.99. The first-order chi connectivity index (χ1) is 17.3. The van der Waals surface area contributed by atoms with Gasteiger partial charge >= 0.3 is 0 Å². The van der Waals surface area contributed by atoms with E-state index >= 15 is 0 Å². The Labute approximate surface area is 206 Å². The molecular weight excluding hydrogens is 454 g/mol. The summed E-state index contributed by atoms with van der Waals surface area (Å²) in [5.41, 5.74) is 4.65. The van der Waals surface area contributed by atoms with Gasteiger partial charge in [-0.05, 0) is 64.8 Å². The first kappa shape index (κ1) is 20.7. The summed E-state index contributed by atoms with van der Waals surface area (Å²) in [6.45, 7) is 0. The van der Waals surface area contributed by atoms with Crippen LogP contribution in [0.4, 0.5) is 0 Å². The maximum absolute atomic E-state index is 13.5. The Hall–Kier alpha value is -3.64. The summed E-state index contributed by atoms with van der Waals surface area (Å²) in [6.07, 6.45) is 3.12. The fourth-order valence-corrected chi connectivity index (χ4v) is 6.61. The maximum Gasteiger partial charge on any atom is 0.252 e. The van der Waals surface area contributed by atoms with Crippen molar-refractivity contribution in [3.8, 4) is 11.5 Å². The molecule has 2 aliphatic rings. The predicted molar refractivity (Wildman–Crippen MR) is 138 cm³/mol. The number of nitrogens with zero attached hydrogens (tertiary/aromatic N) is 3. The standard InChI is InChI=1S/C29H23N3O2S/c33-25-16-22(15-21-11-6-10-18-7-4-5-12-23(18)21)26(19-13-14-19)29-32(25)24(17-35-29)28-31-30-27(34-28)20-8-2-1-3-9-20/h1-12,16,19,24H,13-15,17H2. The Morgan fingerprint density at radius 1 is 0.914 bits per heavy atom. The van der Waals surface area contributed by atoms with Gasteiger partial charge in [-0.1, -0.05) is 60.7 Å². The average Bonchev–Trinajstić information content (AvgIpc) is 3.42. The van der Waals surface area contributed by atoms with Crippen LogP contribution >= 0.6 is 11.8 Å². The first-order valence-electron chi connectivity index (χ1n) is 12.0. The first-order valence-corrected chi connectivity index (χ1v) is 13.0. The van der Waals surface area contributed by atoms with Gasteiger partial charge in [-0.2, -0.15) is 0 Å². The van der Waals surface area contributed by atoms with Crippen molar-refractivity contribution in [2.45, 2.75) is 36.2 Å². The summed E-state index contributed by atoms with van der Waals surface area (Å²) in [5, 5.41) is 12.2. The molecule has 2 aromatic heterocycles. The molecular formula is C29H23N3O2S. The summed E-state index contributed by atoms with van der Waals surface area (Å²) in [7, 11) is 0. The topological polar surface area (TPSA) is 60.9 Å². The van der Waals surface area contributed by atoms with E-state index in [4.69, 9.17) is 4.42 Å². The van der Waals surface area contributed by atoms with Gasteiger partial charge in [-0.15, -0.1) is 22.0 Å². The highest BCUT2D eigenvalue weighted by atomic mass is 32.2. The van der Waals surface area contributed by atoms with Crippen LogP contribution in [0.3, 0.4) is 0 Å². The minimum Gasteiger partial charge on any atom is -0.418 e. The van der Waals surface area contributed by atoms with Gasteiger partial charge in [0, 0.05) is 17.4 Å². The predicted octanol–water partition coefficient (Wildman–Crippen LogP) is 6.21. The van der Waals surface area contributed by atoms with Crippen LogP contribution in [0.15, 0.2) is 93.1 Å². The van der Waals surface area contributed by atoms with E-state index < -0.39 is 0 Å². The van der Waals surface area contributed by atoms with Crippen molar-refractivity contribution in [1.82, 2.24) is 14.8 Å². The molecule has 1 unspecified atom stereocenters. The maximum atomic E-state index is 13.5. The third kappa shape index (κ3) is 3.60. The van der Waals surface area contributed by atoms with Gasteiger partial charge in [0.1, 0.15) is 6.04 Å². The largest absolute Gasteiger partial charge is 0.418 e. The van der Waals surface area contributed by atoms with Crippen LogP contribution in [0.25, 0.3) is 22.2 Å². The molecule has 7 rings (SSSR count). The van der Waals surface area contributed by atoms with Crippen LogP contribution in [0.5, 0.6) is 0 Å². The van der Waals surface area contributed by atoms with E-state index in [-0.39, 0.29) is 11.6 Å². The number of fused-ring (bicyclic) bond motifs is 2. The van der Waals surface area contributed by atoms with E-state index in [9.17, 15) is 4.79 Å². The van der Waals surface area contributed by atoms with E-state index in [0.717, 1.165) is 28.3 Å². The van der Waals surface area contributed by atoms with Crippen molar-refractivity contribution in [2.24, 2.45) is 0 Å². The van der Waals surface area contributed by atoms with Crippen LogP contribution in [-0.4, -0.2) is 20.5 Å². The van der Waals surface area contributed by atoms with Gasteiger partial charge in [0.2, 0.25) is 11.8 Å². The zero-order valence-electron chi connectivity index (χ0n) is 19.1. The van der Waals surface area contributed by atoms with Gasteiger partial charge in [-0.3, -0.25) is 9.36 Å². The SMILES string of the molecule is O=c1cc(Cc2cccc3ccccc23)c(C2CC2)c2n1C(c1nnc(-c3ccccc3)o1)CS2. The van der Waals surface area contributed by atoms with Gasteiger partial charge in [0.25, 0.3) is 5.56 Å². The molecule has 0 spiro atoms. The van der Waals surface area contributed by atoms with Crippen molar-refractivity contribution >= 4 is 22.5 Å². The van der Waals surface area contributed by atoms with E-state index in [1.807, 2.05) is 41.0 Å². The molecule has 1 fully saturated rings. The lowest BCUT2D eigenvalue weighted by Crippen LogP contribution is -2.26. The van der Waals surface area contributed by atoms with E-state index in [0.29, 0.717) is 17.7 Å². The molecule has 1 aliphatic heterocycles. The molecule has 1 saturated carbocycles. The van der Waals surface area contributed by atoms with Crippen molar-refractivity contribution in [2.75, 3.05) is 5.75 Å². The lowest BCUT2D eigenvalue weighted by molar-refractivity contribution is 0.428. The third-order valence-corrected chi connectivity index (χ3v) is 8.19. The number of hydrogen-bond donors (Lipinski definition) is 0. The number of benzene rings is 3. The van der Waals surface area contributed by atoms with Crippen LogP contribution in [0.1, 0.15) is 47.4 Å². The van der Waals surface area contributed by atoms with Gasteiger partial charge in [-0.25, -0.2) is 0 Å². The number of rotatable bonds is 5. The fourth-order valence-electron chi connectivity index (χ4n) is 5.19. The Balaban J connectivity index is 1.30. The molecule has 1 aliphatic carbocycles. The van der Waals surface area contributed by atoms with Crippen molar-refractivity contribution in [3.05, 3.63) is 112 Å². The monoisotopic (exact) mass is 477 g/mol. The second-order valence-electron chi connectivity index (χ2n) is 9.32. The average molecular weight is 478 g/mol. The molecule has 35 heavy (non-hydrogen) atoms. The summed E-state index contributed by atoms with van der Waals surface area (Å²) >= 11 is 1.75. The molecule has 3 aromatic carbocycles. The van der Waals surface area contributed by atoms with Crippen LogP contribution in [0, 0.1) is 0 Å². The summed E-state index contributed by atoms with van der Waals surface area (Å²) < 4.78 is 7.96. The van der Waals surface area contributed by atoms with Crippen LogP contribution < -0.4 is 5.56 Å². The molecule has 0 saturated heterocycles. The van der Waals surface area contributed by atoms with Gasteiger partial charge in [0.15, 0.2) is 0 Å². The van der Waals surface area contributed by atoms with Crippen LogP contribution in [-0.2, 0) is 6.42 Å². The summed E-state index contributed by atoms with van der Waals surface area (Å²) in [6, 6.07) is 26.3. The third-order valence-electron chi connectivity index (χ3n) is 7.01. The molecule has 1 atom stereocenters. The van der Waals surface area contributed by atoms with Crippen LogP contribution in [0.2, 0.25) is 0 Å². The quantitative estimate of drug-likeness (QED) is 0.301. The van der Waals surface area contributed by atoms with Crippen molar-refractivity contribution in [1.29, 1.82) is 0 Å². The second kappa shape index (κ2) is 8.24. The highest BCUT2D eigenvalue weighted by Crippen LogP contribution is 2.49. The molecule has 0 N–H and O–H groups in total. The van der Waals surface area contributed by atoms with E-state index in [2.05, 4.69) is 52.7 Å². The zero-order chi connectivity index (χ0) is 23.4. The smallest absolute Gasteiger partial charge is 0.252 e. The van der Waals surface area contributed by atoms with Crippen molar-refractivity contribution in [3.63, 3.8) is 0 Å². The molecule has 0 bridgehead atoms. The summed E-state index contributed by atoms with van der Waals surface area (Å²) in [4.78, 5) is 13.5. The zero-order valence-corrected chi connectivity index (χ0v) is 19.9. The normalized spacial score (nSPS) is 17.1. The lowest BCUT2D eigenvalue weighted by atomic mass is 9.95. The number of aromatic nitrogens is 3. The minimum absolute atomic E-state index is 0.00842. The highest BCUT2D eigenvalue weighted by Gasteiger charge is 2.37. The molecule has 5 aromatic rings. The molecule has 0 amide bonds. The Kier molecular flexibility index (Phi) is 4.87. The minimum atomic E-state index is -0.239. The van der Waals surface area contributed by atoms with E-state index in [1.54, 1.807) is 11.8 Å². The number of pyridine rings is 1. The molecule has 0 radical (unpaired) electrons. The Bertz CT molecular complexity index is 1610. The van der Waals surface area contributed by atoms with Gasteiger partial charge < -0.3 is 4.42 Å². The fraction of sp³-hybridized carbons (Fsp3) is 0.207.